The quantitative estimate of drug-likeness (QED) is 0.496. The molecule has 2 aromatic rings. The molecular weight excluding hydrogens is 511 g/mol. The van der Waals surface area contributed by atoms with E-state index in [1.54, 1.807) is 18.2 Å². The van der Waals surface area contributed by atoms with Gasteiger partial charge >= 0.3 is 12.1 Å². The Morgan fingerprint density at radius 1 is 1.16 bits per heavy atom. The van der Waals surface area contributed by atoms with Gasteiger partial charge in [-0.3, -0.25) is 4.79 Å². The number of nitrogens with zero attached hydrogens (tertiary/aromatic N) is 4. The van der Waals surface area contributed by atoms with Gasteiger partial charge in [-0.2, -0.15) is 32.2 Å². The van der Waals surface area contributed by atoms with Crippen molar-refractivity contribution in [3.05, 3.63) is 41.5 Å². The van der Waals surface area contributed by atoms with E-state index in [0.29, 0.717) is 56.7 Å². The highest BCUT2D eigenvalue weighted by molar-refractivity contribution is 5.96. The summed E-state index contributed by atoms with van der Waals surface area (Å²) in [7, 11) is 0. The smallest absolute Gasteiger partial charge is 0.380 e. The third-order valence-electron chi connectivity index (χ3n) is 8.77. The largest absolute Gasteiger partial charge is 0.417 e. The van der Waals surface area contributed by atoms with Gasteiger partial charge < -0.3 is 14.5 Å². The first-order valence-electron chi connectivity index (χ1n) is 12.5. The maximum Gasteiger partial charge on any atom is 0.417 e. The number of anilines is 1. The lowest BCUT2D eigenvalue weighted by molar-refractivity contribution is -0.295. The molecule has 0 unspecified atom stereocenters. The van der Waals surface area contributed by atoms with Crippen molar-refractivity contribution in [2.24, 2.45) is 11.3 Å². The highest BCUT2D eigenvalue weighted by atomic mass is 19.4. The molecule has 0 radical (unpaired) electrons. The molecule has 4 fully saturated rings. The number of halogens is 5. The van der Waals surface area contributed by atoms with Crippen molar-refractivity contribution in [2.75, 3.05) is 11.4 Å². The van der Waals surface area contributed by atoms with E-state index < -0.39 is 53.7 Å². The topological polar surface area (TPSA) is 103 Å². The summed E-state index contributed by atoms with van der Waals surface area (Å²) in [5.74, 6) is -5.22. The molecule has 4 saturated carbocycles. The van der Waals surface area contributed by atoms with Crippen LogP contribution in [0.1, 0.15) is 75.6 Å². The van der Waals surface area contributed by atoms with Crippen LogP contribution in [0.5, 0.6) is 0 Å². The van der Waals surface area contributed by atoms with E-state index in [0.717, 1.165) is 0 Å². The number of fused-ring (bicyclic) bond motifs is 3. The van der Waals surface area contributed by atoms with Crippen LogP contribution in [0.15, 0.2) is 28.8 Å². The predicted molar refractivity (Wildman–Crippen MR) is 123 cm³/mol. The number of carbonyl (C=O) groups excluding carboxylic acids is 1. The standard InChI is InChI=1S/C26H27F5N4O3/c1-22(27,28)21-33-20(34-38-21)24-8-5-23(6-9-24,7-10-24)15-35(18-4-2-3-16(11-18)14-32)19(36)17-12-25(37,13-17)26(29,30)31/h2-4,11,17,37H,5-10,12-13,15H2,1H3. The Morgan fingerprint density at radius 3 is 2.32 bits per heavy atom. The summed E-state index contributed by atoms with van der Waals surface area (Å²) >= 11 is 0. The number of aliphatic hydroxyl groups is 1. The molecular formula is C26H27F5N4O3. The molecule has 7 nitrogen and oxygen atoms in total. The zero-order chi connectivity index (χ0) is 27.6. The summed E-state index contributed by atoms with van der Waals surface area (Å²) in [4.78, 5) is 19.0. The number of hydrogen-bond donors (Lipinski definition) is 1. The second kappa shape index (κ2) is 8.73. The molecule has 0 spiro atoms. The fraction of sp³-hybridized carbons (Fsp3) is 0.615. The van der Waals surface area contributed by atoms with Crippen molar-refractivity contribution < 1.29 is 36.4 Å². The van der Waals surface area contributed by atoms with Crippen molar-refractivity contribution in [1.82, 2.24) is 10.1 Å². The van der Waals surface area contributed by atoms with E-state index in [-0.39, 0.29) is 17.8 Å². The molecule has 4 aliphatic rings. The molecule has 6 rings (SSSR count). The van der Waals surface area contributed by atoms with E-state index in [4.69, 9.17) is 4.52 Å². The van der Waals surface area contributed by atoms with Crippen LogP contribution in [0.2, 0.25) is 0 Å². The molecule has 2 bridgehead atoms. The SMILES string of the molecule is CC(F)(F)c1nc(C23CCC(CN(C(=O)C4CC(O)(C(F)(F)F)C4)c4cccc(C#N)c4)(CC2)CC3)no1. The Bertz CT molecular complexity index is 1250. The van der Waals surface area contributed by atoms with E-state index in [1.165, 1.54) is 11.0 Å². The van der Waals surface area contributed by atoms with Gasteiger partial charge in [-0.15, -0.1) is 0 Å². The molecule has 1 aromatic carbocycles. The molecule has 1 N–H and O–H groups in total. The maximum atomic E-state index is 13.6. The summed E-state index contributed by atoms with van der Waals surface area (Å²) in [6.07, 6.45) is -2.53. The molecule has 0 saturated heterocycles. The Labute approximate surface area is 215 Å². The number of rotatable bonds is 6. The Morgan fingerprint density at radius 2 is 1.79 bits per heavy atom. The molecule has 12 heteroatoms. The first kappa shape index (κ1) is 26.5. The highest BCUT2D eigenvalue weighted by Gasteiger charge is 2.63. The van der Waals surface area contributed by atoms with Gasteiger partial charge in [-0.25, -0.2) is 0 Å². The van der Waals surface area contributed by atoms with Crippen molar-refractivity contribution in [1.29, 1.82) is 5.26 Å². The second-order valence-corrected chi connectivity index (χ2v) is 11.3. The van der Waals surface area contributed by atoms with Gasteiger partial charge in [0.1, 0.15) is 0 Å². The lowest BCUT2D eigenvalue weighted by atomic mass is 9.53. The van der Waals surface area contributed by atoms with Crippen molar-refractivity contribution in [2.45, 2.75) is 81.4 Å². The molecule has 0 aliphatic heterocycles. The van der Waals surface area contributed by atoms with Crippen molar-refractivity contribution >= 4 is 11.6 Å². The van der Waals surface area contributed by atoms with Crippen LogP contribution in [0.4, 0.5) is 27.6 Å². The number of alkyl halides is 5. The lowest BCUT2D eigenvalue weighted by Gasteiger charge is -2.54. The number of carbonyl (C=O) groups is 1. The second-order valence-electron chi connectivity index (χ2n) is 11.3. The van der Waals surface area contributed by atoms with Crippen LogP contribution < -0.4 is 4.90 Å². The van der Waals surface area contributed by atoms with Gasteiger partial charge in [0, 0.05) is 30.5 Å². The molecule has 1 heterocycles. The average molecular weight is 539 g/mol. The highest BCUT2D eigenvalue weighted by Crippen LogP contribution is 2.58. The van der Waals surface area contributed by atoms with Gasteiger partial charge in [0.25, 0.3) is 5.89 Å². The number of aromatic nitrogens is 2. The van der Waals surface area contributed by atoms with E-state index in [2.05, 4.69) is 10.1 Å². The first-order valence-corrected chi connectivity index (χ1v) is 12.5. The molecule has 4 aliphatic carbocycles. The summed E-state index contributed by atoms with van der Waals surface area (Å²) in [6.45, 7) is 0.932. The van der Waals surface area contributed by atoms with Gasteiger partial charge in [0.05, 0.1) is 11.6 Å². The minimum absolute atomic E-state index is 0.238. The van der Waals surface area contributed by atoms with E-state index >= 15 is 0 Å². The third kappa shape index (κ3) is 4.44. The monoisotopic (exact) mass is 538 g/mol. The first-order chi connectivity index (χ1) is 17.7. The van der Waals surface area contributed by atoms with Crippen molar-refractivity contribution in [3.8, 4) is 6.07 Å². The molecule has 0 atom stereocenters. The van der Waals surface area contributed by atoms with E-state index in [9.17, 15) is 37.1 Å². The normalized spacial score (nSPS) is 30.9. The zero-order valence-electron chi connectivity index (χ0n) is 20.7. The van der Waals surface area contributed by atoms with Crippen LogP contribution in [0.25, 0.3) is 0 Å². The van der Waals surface area contributed by atoms with Crippen LogP contribution >= 0.6 is 0 Å². The Hall–Kier alpha value is -3.07. The minimum Gasteiger partial charge on any atom is -0.380 e. The van der Waals surface area contributed by atoms with Crippen LogP contribution in [-0.2, 0) is 16.1 Å². The predicted octanol–water partition coefficient (Wildman–Crippen LogP) is 5.38. The minimum atomic E-state index is -4.82. The molecule has 38 heavy (non-hydrogen) atoms. The van der Waals surface area contributed by atoms with Gasteiger partial charge in [0.15, 0.2) is 11.4 Å². The number of amides is 1. The fourth-order valence-electron chi connectivity index (χ4n) is 6.21. The third-order valence-corrected chi connectivity index (χ3v) is 8.77. The fourth-order valence-corrected chi connectivity index (χ4v) is 6.21. The van der Waals surface area contributed by atoms with Crippen LogP contribution in [0, 0.1) is 22.7 Å². The molecule has 1 aromatic heterocycles. The zero-order valence-corrected chi connectivity index (χ0v) is 20.7. The number of benzene rings is 1. The van der Waals surface area contributed by atoms with Gasteiger partial charge in [-0.05, 0) is 75.0 Å². The van der Waals surface area contributed by atoms with E-state index in [1.807, 2.05) is 6.07 Å². The molecule has 204 valence electrons. The average Bonchev–Trinajstić information content (AvgIpc) is 3.38. The van der Waals surface area contributed by atoms with Crippen molar-refractivity contribution in [3.63, 3.8) is 0 Å². The number of hydrogen-bond acceptors (Lipinski definition) is 6. The lowest BCUT2D eigenvalue weighted by Crippen LogP contribution is -2.60. The summed E-state index contributed by atoms with van der Waals surface area (Å²) in [6, 6.07) is 8.38. The summed E-state index contributed by atoms with van der Waals surface area (Å²) in [5.41, 5.74) is -2.99. The van der Waals surface area contributed by atoms with Crippen LogP contribution in [-0.4, -0.2) is 39.5 Å². The Balaban J connectivity index is 1.36. The van der Waals surface area contributed by atoms with Gasteiger partial charge in [-0.1, -0.05) is 11.2 Å². The number of nitriles is 1. The van der Waals surface area contributed by atoms with Crippen LogP contribution in [0.3, 0.4) is 0 Å². The summed E-state index contributed by atoms with van der Waals surface area (Å²) < 4.78 is 71.8. The summed E-state index contributed by atoms with van der Waals surface area (Å²) in [5, 5.41) is 23.1. The molecule has 1 amide bonds. The maximum absolute atomic E-state index is 13.6. The Kier molecular flexibility index (Phi) is 6.09. The van der Waals surface area contributed by atoms with Gasteiger partial charge in [0.2, 0.25) is 5.91 Å².